The zero-order chi connectivity index (χ0) is 13.2. The Balaban J connectivity index is 3.16. The van der Waals surface area contributed by atoms with Gasteiger partial charge in [-0.25, -0.2) is 0 Å². The molecule has 1 rings (SSSR count). The van der Waals surface area contributed by atoms with Gasteiger partial charge in [0.25, 0.3) is 0 Å². The standard InChI is InChI=1S/C14H22BrNO/c1-8(2)10(4)14(16)11-7-12(15)9(3)6-13(11)17-5/h6-8,10,14H,16H2,1-5H3. The van der Waals surface area contributed by atoms with Crippen molar-refractivity contribution in [2.45, 2.75) is 33.7 Å². The summed E-state index contributed by atoms with van der Waals surface area (Å²) in [6, 6.07) is 4.12. The van der Waals surface area contributed by atoms with Gasteiger partial charge in [-0.2, -0.15) is 0 Å². The van der Waals surface area contributed by atoms with Gasteiger partial charge in [0.2, 0.25) is 0 Å². The van der Waals surface area contributed by atoms with Crippen LogP contribution in [0.25, 0.3) is 0 Å². The summed E-state index contributed by atoms with van der Waals surface area (Å²) in [4.78, 5) is 0. The Morgan fingerprint density at radius 2 is 1.82 bits per heavy atom. The monoisotopic (exact) mass is 299 g/mol. The molecule has 0 aliphatic carbocycles. The van der Waals surface area contributed by atoms with Crippen LogP contribution in [0.5, 0.6) is 5.75 Å². The summed E-state index contributed by atoms with van der Waals surface area (Å²) in [5, 5.41) is 0. The number of ether oxygens (including phenoxy) is 1. The quantitative estimate of drug-likeness (QED) is 0.910. The van der Waals surface area contributed by atoms with Crippen molar-refractivity contribution in [3.05, 3.63) is 27.7 Å². The number of methoxy groups -OCH3 is 1. The maximum absolute atomic E-state index is 6.33. The molecule has 2 unspecified atom stereocenters. The topological polar surface area (TPSA) is 35.2 Å². The van der Waals surface area contributed by atoms with Crippen molar-refractivity contribution in [2.75, 3.05) is 7.11 Å². The fraction of sp³-hybridized carbons (Fsp3) is 0.571. The van der Waals surface area contributed by atoms with Crippen LogP contribution in [0.15, 0.2) is 16.6 Å². The highest BCUT2D eigenvalue weighted by Gasteiger charge is 2.22. The molecule has 0 aromatic heterocycles. The molecule has 0 aliphatic rings. The van der Waals surface area contributed by atoms with Crippen LogP contribution < -0.4 is 10.5 Å². The van der Waals surface area contributed by atoms with Crippen LogP contribution in [0.4, 0.5) is 0 Å². The third-order valence-electron chi connectivity index (χ3n) is 3.49. The molecule has 0 radical (unpaired) electrons. The summed E-state index contributed by atoms with van der Waals surface area (Å²) in [6.45, 7) is 8.62. The number of hydrogen-bond acceptors (Lipinski definition) is 2. The number of aryl methyl sites for hydroxylation is 1. The molecular formula is C14H22BrNO. The number of rotatable bonds is 4. The fourth-order valence-electron chi connectivity index (χ4n) is 1.81. The Morgan fingerprint density at radius 3 is 2.29 bits per heavy atom. The van der Waals surface area contributed by atoms with Crippen LogP contribution in [0.1, 0.15) is 37.9 Å². The van der Waals surface area contributed by atoms with E-state index < -0.39 is 0 Å². The largest absolute Gasteiger partial charge is 0.496 e. The van der Waals surface area contributed by atoms with Crippen LogP contribution in [-0.4, -0.2) is 7.11 Å². The average molecular weight is 300 g/mol. The fourth-order valence-corrected chi connectivity index (χ4v) is 2.17. The molecule has 0 spiro atoms. The molecule has 0 saturated heterocycles. The SMILES string of the molecule is COc1cc(C)c(Br)cc1C(N)C(C)C(C)C. The molecule has 3 heteroatoms. The first-order valence-corrected chi connectivity index (χ1v) is 6.77. The van der Waals surface area contributed by atoms with E-state index in [1.54, 1.807) is 7.11 Å². The molecule has 1 aromatic rings. The summed E-state index contributed by atoms with van der Waals surface area (Å²) < 4.78 is 6.51. The molecule has 0 amide bonds. The van der Waals surface area contributed by atoms with E-state index in [4.69, 9.17) is 10.5 Å². The minimum atomic E-state index is 0.00171. The Hall–Kier alpha value is -0.540. The van der Waals surface area contributed by atoms with Crippen molar-refractivity contribution in [2.24, 2.45) is 17.6 Å². The van der Waals surface area contributed by atoms with Gasteiger partial charge >= 0.3 is 0 Å². The maximum Gasteiger partial charge on any atom is 0.123 e. The zero-order valence-electron chi connectivity index (χ0n) is 11.3. The normalized spacial score (nSPS) is 14.8. The van der Waals surface area contributed by atoms with Crippen molar-refractivity contribution in [1.29, 1.82) is 0 Å². The summed E-state index contributed by atoms with van der Waals surface area (Å²) in [5.41, 5.74) is 8.57. The summed E-state index contributed by atoms with van der Waals surface area (Å²) in [5.74, 6) is 1.85. The van der Waals surface area contributed by atoms with Gasteiger partial charge in [0.05, 0.1) is 7.11 Å². The van der Waals surface area contributed by atoms with E-state index >= 15 is 0 Å². The molecule has 2 nitrogen and oxygen atoms in total. The maximum atomic E-state index is 6.33. The molecule has 0 bridgehead atoms. The lowest BCUT2D eigenvalue weighted by Crippen LogP contribution is -2.23. The third kappa shape index (κ3) is 3.23. The first-order chi connectivity index (χ1) is 7.88. The first kappa shape index (κ1) is 14.5. The Morgan fingerprint density at radius 1 is 1.24 bits per heavy atom. The van der Waals surface area contributed by atoms with Gasteiger partial charge in [0.1, 0.15) is 5.75 Å². The van der Waals surface area contributed by atoms with Crippen LogP contribution in [0.3, 0.4) is 0 Å². The van der Waals surface area contributed by atoms with Gasteiger partial charge in [-0.1, -0.05) is 36.7 Å². The molecule has 0 aliphatic heterocycles. The van der Waals surface area contributed by atoms with Crippen LogP contribution in [-0.2, 0) is 0 Å². The second-order valence-electron chi connectivity index (χ2n) is 4.97. The Labute approximate surface area is 113 Å². The van der Waals surface area contributed by atoms with E-state index in [9.17, 15) is 0 Å². The molecule has 0 fully saturated rings. The van der Waals surface area contributed by atoms with Gasteiger partial charge in [-0.05, 0) is 36.5 Å². The van der Waals surface area contributed by atoms with E-state index in [0.717, 1.165) is 21.3 Å². The highest BCUT2D eigenvalue weighted by atomic mass is 79.9. The molecule has 0 saturated carbocycles. The number of hydrogen-bond donors (Lipinski definition) is 1. The van der Waals surface area contributed by atoms with Gasteiger partial charge in [0, 0.05) is 16.1 Å². The lowest BCUT2D eigenvalue weighted by atomic mass is 9.86. The number of benzene rings is 1. The molecule has 2 atom stereocenters. The van der Waals surface area contributed by atoms with Crippen molar-refractivity contribution in [3.8, 4) is 5.75 Å². The Kier molecular flexibility index (Phi) is 5.02. The van der Waals surface area contributed by atoms with Gasteiger partial charge < -0.3 is 10.5 Å². The summed E-state index contributed by atoms with van der Waals surface area (Å²) in [7, 11) is 1.69. The summed E-state index contributed by atoms with van der Waals surface area (Å²) in [6.07, 6.45) is 0. The molecule has 2 N–H and O–H groups in total. The van der Waals surface area contributed by atoms with Crippen molar-refractivity contribution in [1.82, 2.24) is 0 Å². The van der Waals surface area contributed by atoms with Crippen LogP contribution in [0.2, 0.25) is 0 Å². The van der Waals surface area contributed by atoms with Crippen molar-refractivity contribution >= 4 is 15.9 Å². The highest BCUT2D eigenvalue weighted by Crippen LogP contribution is 2.35. The average Bonchev–Trinajstić information content (AvgIpc) is 2.29. The molecule has 0 heterocycles. The van der Waals surface area contributed by atoms with E-state index in [1.165, 1.54) is 0 Å². The highest BCUT2D eigenvalue weighted by molar-refractivity contribution is 9.10. The molecular weight excluding hydrogens is 278 g/mol. The Bertz CT molecular complexity index is 390. The van der Waals surface area contributed by atoms with Crippen LogP contribution in [0, 0.1) is 18.8 Å². The predicted octanol–water partition coefficient (Wildman–Crippen LogP) is 4.06. The van der Waals surface area contributed by atoms with E-state index in [0.29, 0.717) is 11.8 Å². The summed E-state index contributed by atoms with van der Waals surface area (Å²) >= 11 is 3.55. The van der Waals surface area contributed by atoms with Crippen molar-refractivity contribution < 1.29 is 4.74 Å². The van der Waals surface area contributed by atoms with Gasteiger partial charge in [0.15, 0.2) is 0 Å². The minimum Gasteiger partial charge on any atom is -0.496 e. The smallest absolute Gasteiger partial charge is 0.123 e. The lowest BCUT2D eigenvalue weighted by Gasteiger charge is -2.25. The van der Waals surface area contributed by atoms with Gasteiger partial charge in [-0.15, -0.1) is 0 Å². The third-order valence-corrected chi connectivity index (χ3v) is 4.34. The molecule has 17 heavy (non-hydrogen) atoms. The van der Waals surface area contributed by atoms with E-state index in [1.807, 2.05) is 13.0 Å². The number of halogens is 1. The van der Waals surface area contributed by atoms with Gasteiger partial charge in [-0.3, -0.25) is 0 Å². The first-order valence-electron chi connectivity index (χ1n) is 5.98. The second-order valence-corrected chi connectivity index (χ2v) is 5.83. The molecule has 96 valence electrons. The predicted molar refractivity (Wildman–Crippen MR) is 76.4 cm³/mol. The van der Waals surface area contributed by atoms with E-state index in [2.05, 4.69) is 42.8 Å². The minimum absolute atomic E-state index is 0.00171. The zero-order valence-corrected chi connectivity index (χ0v) is 12.8. The van der Waals surface area contributed by atoms with Crippen molar-refractivity contribution in [3.63, 3.8) is 0 Å². The number of nitrogens with two attached hydrogens (primary N) is 1. The lowest BCUT2D eigenvalue weighted by molar-refractivity contribution is 0.337. The second kappa shape index (κ2) is 5.87. The molecule has 1 aromatic carbocycles. The van der Waals surface area contributed by atoms with E-state index in [-0.39, 0.29) is 6.04 Å². The van der Waals surface area contributed by atoms with Crippen LogP contribution >= 0.6 is 15.9 Å².